The summed E-state index contributed by atoms with van der Waals surface area (Å²) in [6.07, 6.45) is -0.623. The highest BCUT2D eigenvalue weighted by Crippen LogP contribution is 2.28. The zero-order chi connectivity index (χ0) is 23.0. The second kappa shape index (κ2) is 8.27. The van der Waals surface area contributed by atoms with Crippen LogP contribution in [-0.4, -0.2) is 64.4 Å². The number of hydrogen-bond donors (Lipinski definition) is 1. The third kappa shape index (κ3) is 4.05. The summed E-state index contributed by atoms with van der Waals surface area (Å²) in [6, 6.07) is 7.74. The molecule has 2 aliphatic heterocycles. The number of pyridine rings is 1. The van der Waals surface area contributed by atoms with Crippen LogP contribution in [0.15, 0.2) is 36.4 Å². The molecule has 0 spiro atoms. The maximum Gasteiger partial charge on any atom is 0.325 e. The smallest absolute Gasteiger partial charge is 0.325 e. The predicted octanol–water partition coefficient (Wildman–Crippen LogP) is 2.26. The molecule has 4 rings (SSSR count). The average Bonchev–Trinajstić information content (AvgIpc) is 2.95. The van der Waals surface area contributed by atoms with Crippen molar-refractivity contribution < 1.29 is 27.9 Å². The summed E-state index contributed by atoms with van der Waals surface area (Å²) >= 11 is 0. The van der Waals surface area contributed by atoms with Crippen molar-refractivity contribution in [2.45, 2.75) is 25.5 Å². The Labute approximate surface area is 183 Å². The average molecular weight is 444 g/mol. The molecule has 1 atom stereocenters. The molecule has 4 amide bonds. The Hall–Kier alpha value is -3.40. The lowest BCUT2D eigenvalue weighted by atomic mass is 10.1. The van der Waals surface area contributed by atoms with Gasteiger partial charge in [-0.3, -0.25) is 14.5 Å². The molecule has 0 saturated carbocycles. The quantitative estimate of drug-likeness (QED) is 0.731. The van der Waals surface area contributed by atoms with E-state index < -0.39 is 41.1 Å². The van der Waals surface area contributed by atoms with Gasteiger partial charge in [0.1, 0.15) is 29.8 Å². The number of carbonyl (C=O) groups excluding carboxylic acids is 3. The van der Waals surface area contributed by atoms with E-state index in [0.29, 0.717) is 5.69 Å². The number of aromatic nitrogens is 1. The summed E-state index contributed by atoms with van der Waals surface area (Å²) in [4.78, 5) is 43.9. The fourth-order valence-corrected chi connectivity index (χ4v) is 3.76. The minimum Gasteiger partial charge on any atom is -0.368 e. The van der Waals surface area contributed by atoms with Crippen LogP contribution in [0, 0.1) is 11.6 Å². The third-order valence-corrected chi connectivity index (χ3v) is 5.48. The van der Waals surface area contributed by atoms with E-state index in [-0.39, 0.29) is 37.5 Å². The Morgan fingerprint density at radius 2 is 1.88 bits per heavy atom. The van der Waals surface area contributed by atoms with Gasteiger partial charge in [0.05, 0.1) is 30.1 Å². The Morgan fingerprint density at radius 1 is 1.19 bits per heavy atom. The van der Waals surface area contributed by atoms with Crippen molar-refractivity contribution in [3.8, 4) is 11.3 Å². The number of amides is 4. The topological polar surface area (TPSA) is 91.8 Å². The number of morpholine rings is 1. The van der Waals surface area contributed by atoms with Crippen molar-refractivity contribution in [2.75, 3.05) is 26.2 Å². The molecule has 2 aliphatic rings. The van der Waals surface area contributed by atoms with Gasteiger partial charge in [0.2, 0.25) is 5.91 Å². The molecule has 32 heavy (non-hydrogen) atoms. The van der Waals surface area contributed by atoms with Crippen LogP contribution >= 0.6 is 0 Å². The summed E-state index contributed by atoms with van der Waals surface area (Å²) in [5.74, 6) is -2.34. The van der Waals surface area contributed by atoms with Crippen LogP contribution in [0.3, 0.4) is 0 Å². The number of halogens is 2. The molecule has 0 bridgehead atoms. The molecule has 1 unspecified atom stereocenters. The Bertz CT molecular complexity index is 1070. The van der Waals surface area contributed by atoms with Gasteiger partial charge in [0.15, 0.2) is 0 Å². The van der Waals surface area contributed by atoms with Crippen molar-refractivity contribution in [2.24, 2.45) is 0 Å². The van der Waals surface area contributed by atoms with E-state index in [1.807, 2.05) is 0 Å². The number of carbonyl (C=O) groups is 3. The minimum atomic E-state index is -1.06. The van der Waals surface area contributed by atoms with Crippen molar-refractivity contribution >= 4 is 17.8 Å². The van der Waals surface area contributed by atoms with E-state index in [2.05, 4.69) is 10.3 Å². The van der Waals surface area contributed by atoms with Gasteiger partial charge in [-0.2, -0.15) is 0 Å². The van der Waals surface area contributed by atoms with Gasteiger partial charge in [0.25, 0.3) is 5.91 Å². The van der Waals surface area contributed by atoms with Crippen molar-refractivity contribution in [3.63, 3.8) is 0 Å². The molecule has 1 aromatic heterocycles. The van der Waals surface area contributed by atoms with Gasteiger partial charge in [-0.15, -0.1) is 0 Å². The lowest BCUT2D eigenvalue weighted by molar-refractivity contribution is -0.143. The highest BCUT2D eigenvalue weighted by molar-refractivity contribution is 6.08. The zero-order valence-electron chi connectivity index (χ0n) is 17.6. The summed E-state index contributed by atoms with van der Waals surface area (Å²) in [5.41, 5.74) is -0.762. The number of hydrogen-bond acceptors (Lipinski definition) is 5. The van der Waals surface area contributed by atoms with Crippen LogP contribution in [-0.2, 0) is 14.3 Å². The minimum absolute atomic E-state index is 0.117. The van der Waals surface area contributed by atoms with E-state index in [4.69, 9.17) is 4.74 Å². The van der Waals surface area contributed by atoms with Crippen LogP contribution in [0.1, 0.15) is 25.6 Å². The monoisotopic (exact) mass is 444 g/mol. The number of ether oxygens (including phenoxy) is 1. The van der Waals surface area contributed by atoms with E-state index in [1.165, 1.54) is 17.0 Å². The first-order valence-corrected chi connectivity index (χ1v) is 10.1. The molecule has 0 aliphatic carbocycles. The molecule has 2 fully saturated rings. The predicted molar refractivity (Wildman–Crippen MR) is 109 cm³/mol. The Balaban J connectivity index is 1.49. The summed E-state index contributed by atoms with van der Waals surface area (Å²) in [6.45, 7) is 3.38. The maximum absolute atomic E-state index is 14.2. The van der Waals surface area contributed by atoms with Crippen molar-refractivity contribution in [1.82, 2.24) is 20.1 Å². The number of nitrogens with zero attached hydrogens (tertiary/aromatic N) is 3. The first-order valence-electron chi connectivity index (χ1n) is 10.1. The van der Waals surface area contributed by atoms with Crippen LogP contribution in [0.4, 0.5) is 13.6 Å². The van der Waals surface area contributed by atoms with E-state index in [9.17, 15) is 23.2 Å². The number of imide groups is 1. The second-order valence-electron chi connectivity index (χ2n) is 8.19. The Morgan fingerprint density at radius 3 is 2.53 bits per heavy atom. The highest BCUT2D eigenvalue weighted by Gasteiger charge is 2.45. The molecule has 10 heteroatoms. The number of urea groups is 1. The van der Waals surface area contributed by atoms with Crippen LogP contribution in [0.5, 0.6) is 0 Å². The normalized spacial score (nSPS) is 20.4. The molecule has 0 radical (unpaired) electrons. The summed E-state index contributed by atoms with van der Waals surface area (Å²) in [5, 5.41) is 2.54. The standard InChI is InChI=1S/C22H22F2N4O4/c1-22(2)20(30)28(21(31)26-22)12-18(29)27-9-10-32-17(11-27)15-7-4-8-16(25-15)19-13(23)5-3-6-14(19)24/h3-8,17H,9-12H2,1-2H3,(H,26,31). The van der Waals surface area contributed by atoms with Crippen molar-refractivity contribution in [3.05, 3.63) is 53.7 Å². The fraction of sp³-hybridized carbons (Fsp3) is 0.364. The second-order valence-corrected chi connectivity index (χ2v) is 8.19. The van der Waals surface area contributed by atoms with Gasteiger partial charge in [-0.1, -0.05) is 12.1 Å². The van der Waals surface area contributed by atoms with E-state index >= 15 is 0 Å². The summed E-state index contributed by atoms with van der Waals surface area (Å²) < 4.78 is 34.1. The first kappa shape index (κ1) is 21.8. The molecular weight excluding hydrogens is 422 g/mol. The highest BCUT2D eigenvalue weighted by atomic mass is 19.1. The molecule has 2 saturated heterocycles. The molecular formula is C22H22F2N4O4. The van der Waals surface area contributed by atoms with Crippen LogP contribution < -0.4 is 5.32 Å². The van der Waals surface area contributed by atoms with Crippen LogP contribution in [0.25, 0.3) is 11.3 Å². The van der Waals surface area contributed by atoms with Gasteiger partial charge in [-0.05, 0) is 38.1 Å². The number of rotatable bonds is 4. The zero-order valence-corrected chi connectivity index (χ0v) is 17.6. The lowest BCUT2D eigenvalue weighted by Gasteiger charge is -2.33. The van der Waals surface area contributed by atoms with Gasteiger partial charge < -0.3 is 15.0 Å². The molecule has 1 aromatic carbocycles. The molecule has 8 nitrogen and oxygen atoms in total. The largest absolute Gasteiger partial charge is 0.368 e. The molecule has 2 aromatic rings. The molecule has 1 N–H and O–H groups in total. The molecule has 3 heterocycles. The van der Waals surface area contributed by atoms with Crippen LogP contribution in [0.2, 0.25) is 0 Å². The van der Waals surface area contributed by atoms with Gasteiger partial charge in [-0.25, -0.2) is 18.6 Å². The van der Waals surface area contributed by atoms with E-state index in [0.717, 1.165) is 17.0 Å². The van der Waals surface area contributed by atoms with Gasteiger partial charge in [0, 0.05) is 6.54 Å². The van der Waals surface area contributed by atoms with Crippen molar-refractivity contribution in [1.29, 1.82) is 0 Å². The number of benzene rings is 1. The summed E-state index contributed by atoms with van der Waals surface area (Å²) in [7, 11) is 0. The molecule has 168 valence electrons. The third-order valence-electron chi connectivity index (χ3n) is 5.48. The SMILES string of the molecule is CC1(C)NC(=O)N(CC(=O)N2CCOC(c3cccc(-c4c(F)cccc4F)n3)C2)C1=O. The van der Waals surface area contributed by atoms with E-state index in [1.54, 1.807) is 26.0 Å². The van der Waals surface area contributed by atoms with Gasteiger partial charge >= 0.3 is 6.03 Å². The Kier molecular flexibility index (Phi) is 5.64. The first-order chi connectivity index (χ1) is 15.2. The fourth-order valence-electron chi connectivity index (χ4n) is 3.76. The lowest BCUT2D eigenvalue weighted by Crippen LogP contribution is -2.48. The number of nitrogens with one attached hydrogen (secondary N) is 1. The maximum atomic E-state index is 14.2.